The van der Waals surface area contributed by atoms with E-state index in [0.717, 1.165) is 25.6 Å². The maximum atomic E-state index is 4.36. The van der Waals surface area contributed by atoms with E-state index in [4.69, 9.17) is 0 Å². The van der Waals surface area contributed by atoms with Gasteiger partial charge in [0.2, 0.25) is 0 Å². The largest absolute Gasteiger partial charge is 0.355 e. The van der Waals surface area contributed by atoms with Crippen LogP contribution in [0.2, 0.25) is 0 Å². The number of hydrogen-bond acceptors (Lipinski definition) is 3. The first-order valence-corrected chi connectivity index (χ1v) is 9.57. The highest BCUT2D eigenvalue weighted by Crippen LogP contribution is 2.27. The van der Waals surface area contributed by atoms with Gasteiger partial charge in [-0.2, -0.15) is 0 Å². The highest BCUT2D eigenvalue weighted by atomic mass is 32.1. The van der Waals surface area contributed by atoms with E-state index in [-0.39, 0.29) is 0 Å². The van der Waals surface area contributed by atoms with Crippen molar-refractivity contribution in [3.8, 4) is 0 Å². The van der Waals surface area contributed by atoms with Crippen LogP contribution in [0.3, 0.4) is 0 Å². The molecule has 1 unspecified atom stereocenters. The number of nitrogens with one attached hydrogen (secondary N) is 2. The van der Waals surface area contributed by atoms with Gasteiger partial charge in [-0.15, -0.1) is 11.3 Å². The number of nitrogens with zero attached hydrogens (tertiary/aromatic N) is 3. The highest BCUT2D eigenvalue weighted by Gasteiger charge is 2.24. The average Bonchev–Trinajstić information content (AvgIpc) is 3.35. The Morgan fingerprint density at radius 1 is 1.21 bits per heavy atom. The molecule has 0 radical (unpaired) electrons. The fraction of sp³-hybridized carbons (Fsp3) is 0.500. The molecule has 1 atom stereocenters. The predicted molar refractivity (Wildman–Crippen MR) is 102 cm³/mol. The van der Waals surface area contributed by atoms with Crippen molar-refractivity contribution in [1.82, 2.24) is 20.1 Å². The number of likely N-dealkylation sites (tertiary alicyclic amines) is 1. The second-order valence-corrected chi connectivity index (χ2v) is 7.05. The highest BCUT2D eigenvalue weighted by molar-refractivity contribution is 7.10. The van der Waals surface area contributed by atoms with E-state index in [0.29, 0.717) is 6.04 Å². The summed E-state index contributed by atoms with van der Waals surface area (Å²) < 4.78 is 2.17. The van der Waals surface area contributed by atoms with Gasteiger partial charge < -0.3 is 15.2 Å². The zero-order valence-electron chi connectivity index (χ0n) is 14.3. The summed E-state index contributed by atoms with van der Waals surface area (Å²) in [5, 5.41) is 9.08. The molecule has 0 bridgehead atoms. The lowest BCUT2D eigenvalue weighted by Gasteiger charge is -2.27. The number of aromatic nitrogens is 1. The minimum Gasteiger partial charge on any atom is -0.355 e. The Morgan fingerprint density at radius 2 is 2.00 bits per heavy atom. The number of aliphatic imine (C=N–C) groups is 1. The van der Waals surface area contributed by atoms with Gasteiger partial charge in [-0.05, 0) is 49.5 Å². The maximum Gasteiger partial charge on any atom is 0.191 e. The molecule has 1 aliphatic rings. The van der Waals surface area contributed by atoms with Crippen molar-refractivity contribution in [3.63, 3.8) is 0 Å². The number of guanidine groups is 1. The van der Waals surface area contributed by atoms with Gasteiger partial charge in [0.25, 0.3) is 0 Å². The zero-order chi connectivity index (χ0) is 16.6. The molecule has 0 aromatic carbocycles. The molecule has 1 aliphatic heterocycles. The van der Waals surface area contributed by atoms with Crippen molar-refractivity contribution < 1.29 is 0 Å². The summed E-state index contributed by atoms with van der Waals surface area (Å²) in [5.41, 5.74) is 0. The van der Waals surface area contributed by atoms with Gasteiger partial charge in [0.05, 0.1) is 6.04 Å². The van der Waals surface area contributed by atoms with Crippen molar-refractivity contribution >= 4 is 17.3 Å². The van der Waals surface area contributed by atoms with Crippen LogP contribution in [0.25, 0.3) is 0 Å². The third-order valence-corrected chi connectivity index (χ3v) is 5.44. The second kappa shape index (κ2) is 8.89. The van der Waals surface area contributed by atoms with Gasteiger partial charge in [0.1, 0.15) is 0 Å². The number of thiophene rings is 1. The average molecular weight is 346 g/mol. The Labute approximate surface area is 148 Å². The molecule has 1 fully saturated rings. The summed E-state index contributed by atoms with van der Waals surface area (Å²) in [6.45, 7) is 5.09. The molecule has 130 valence electrons. The van der Waals surface area contributed by atoms with Gasteiger partial charge >= 0.3 is 0 Å². The fourth-order valence-electron chi connectivity index (χ4n) is 3.18. The molecule has 2 N–H and O–H groups in total. The molecule has 3 rings (SSSR count). The topological polar surface area (TPSA) is 44.6 Å². The van der Waals surface area contributed by atoms with Crippen molar-refractivity contribution in [2.75, 3.05) is 33.2 Å². The molecular weight excluding hydrogens is 318 g/mol. The van der Waals surface area contributed by atoms with E-state index in [2.05, 4.69) is 67.1 Å². The van der Waals surface area contributed by atoms with Crippen molar-refractivity contribution in [1.29, 1.82) is 0 Å². The van der Waals surface area contributed by atoms with Gasteiger partial charge in [-0.3, -0.25) is 9.89 Å². The van der Waals surface area contributed by atoms with E-state index < -0.39 is 0 Å². The van der Waals surface area contributed by atoms with Gasteiger partial charge in [0.15, 0.2) is 5.96 Å². The molecule has 6 heteroatoms. The Balaban J connectivity index is 1.50. The minimum atomic E-state index is 0.440. The Morgan fingerprint density at radius 3 is 2.67 bits per heavy atom. The predicted octanol–water partition coefficient (Wildman–Crippen LogP) is 2.55. The van der Waals surface area contributed by atoms with Gasteiger partial charge in [-0.1, -0.05) is 6.07 Å². The smallest absolute Gasteiger partial charge is 0.191 e. The summed E-state index contributed by atoms with van der Waals surface area (Å²) in [6, 6.07) is 8.93. The molecule has 3 heterocycles. The summed E-state index contributed by atoms with van der Waals surface area (Å²) in [4.78, 5) is 8.38. The Kier molecular flexibility index (Phi) is 6.32. The first kappa shape index (κ1) is 17.0. The van der Waals surface area contributed by atoms with Crippen LogP contribution in [0.15, 0.2) is 47.0 Å². The molecule has 5 nitrogen and oxygen atoms in total. The van der Waals surface area contributed by atoms with Crippen molar-refractivity contribution in [2.45, 2.75) is 25.4 Å². The van der Waals surface area contributed by atoms with Gasteiger partial charge in [0, 0.05) is 44.0 Å². The molecule has 0 amide bonds. The minimum absolute atomic E-state index is 0.440. The van der Waals surface area contributed by atoms with Crippen molar-refractivity contribution in [3.05, 3.63) is 46.9 Å². The van der Waals surface area contributed by atoms with Crippen molar-refractivity contribution in [2.24, 2.45) is 4.99 Å². The van der Waals surface area contributed by atoms with Crippen LogP contribution in [0.5, 0.6) is 0 Å². The molecule has 24 heavy (non-hydrogen) atoms. The summed E-state index contributed by atoms with van der Waals surface area (Å²) in [6.07, 6.45) is 6.79. The first-order chi connectivity index (χ1) is 11.9. The lowest BCUT2D eigenvalue weighted by Crippen LogP contribution is -2.43. The molecule has 0 spiro atoms. The lowest BCUT2D eigenvalue weighted by molar-refractivity contribution is 0.249. The number of hydrogen-bond donors (Lipinski definition) is 2. The first-order valence-electron chi connectivity index (χ1n) is 8.69. The molecule has 2 aromatic rings. The SMILES string of the molecule is CN=C(NCCn1cccc1)NCC(c1cccs1)N1CCCC1. The molecule has 0 aliphatic carbocycles. The van der Waals surface area contributed by atoms with E-state index in [1.165, 1.54) is 30.8 Å². The molecule has 0 saturated carbocycles. The third kappa shape index (κ3) is 4.61. The quantitative estimate of drug-likeness (QED) is 0.599. The van der Waals surface area contributed by atoms with Crippen LogP contribution in [0.1, 0.15) is 23.8 Å². The Hall–Kier alpha value is -1.79. The van der Waals surface area contributed by atoms with Crippen LogP contribution >= 0.6 is 11.3 Å². The van der Waals surface area contributed by atoms with Crippen LogP contribution < -0.4 is 10.6 Å². The van der Waals surface area contributed by atoms with E-state index >= 15 is 0 Å². The van der Waals surface area contributed by atoms with Crippen LogP contribution in [-0.4, -0.2) is 48.7 Å². The van der Waals surface area contributed by atoms with E-state index in [9.17, 15) is 0 Å². The van der Waals surface area contributed by atoms with Crippen LogP contribution in [-0.2, 0) is 6.54 Å². The monoisotopic (exact) mass is 345 g/mol. The summed E-state index contributed by atoms with van der Waals surface area (Å²) in [7, 11) is 1.83. The van der Waals surface area contributed by atoms with Gasteiger partial charge in [-0.25, -0.2) is 0 Å². The van der Waals surface area contributed by atoms with E-state index in [1.807, 2.05) is 18.4 Å². The van der Waals surface area contributed by atoms with Crippen LogP contribution in [0.4, 0.5) is 0 Å². The van der Waals surface area contributed by atoms with Crippen LogP contribution in [0, 0.1) is 0 Å². The summed E-state index contributed by atoms with van der Waals surface area (Å²) >= 11 is 1.85. The third-order valence-electron chi connectivity index (χ3n) is 4.47. The lowest BCUT2D eigenvalue weighted by atomic mass is 10.2. The number of rotatable bonds is 7. The second-order valence-electron chi connectivity index (χ2n) is 6.08. The molecule has 2 aromatic heterocycles. The Bertz CT molecular complexity index is 599. The van der Waals surface area contributed by atoms with E-state index in [1.54, 1.807) is 0 Å². The standard InChI is InChI=1S/C18H27N5S/c1-19-18(20-8-13-22-9-2-3-10-22)21-15-16(17-7-6-14-24-17)23-11-4-5-12-23/h2-3,6-7,9-10,14,16H,4-5,8,11-13,15H2,1H3,(H2,19,20,21). The summed E-state index contributed by atoms with van der Waals surface area (Å²) in [5.74, 6) is 0.878. The maximum absolute atomic E-state index is 4.36. The molecule has 1 saturated heterocycles. The molecular formula is C18H27N5S. The normalized spacial score (nSPS) is 17.1. The zero-order valence-corrected chi connectivity index (χ0v) is 15.1. The fourth-order valence-corrected chi connectivity index (χ4v) is 4.04.